The van der Waals surface area contributed by atoms with E-state index < -0.39 is 0 Å². The predicted octanol–water partition coefficient (Wildman–Crippen LogP) is 6.30. The van der Waals surface area contributed by atoms with Gasteiger partial charge in [-0.25, -0.2) is 0 Å². The first-order valence-electron chi connectivity index (χ1n) is 8.28. The molecule has 0 fully saturated rings. The Balaban J connectivity index is 1.64. The van der Waals surface area contributed by atoms with Crippen molar-refractivity contribution in [2.75, 3.05) is 0 Å². The first-order chi connectivity index (χ1) is 13.1. The summed E-state index contributed by atoms with van der Waals surface area (Å²) in [5, 5.41) is 5.61. The van der Waals surface area contributed by atoms with E-state index in [1.54, 1.807) is 12.3 Å². The van der Waals surface area contributed by atoms with Crippen molar-refractivity contribution in [1.82, 2.24) is 5.43 Å². The molecule has 0 atom stereocenters. The van der Waals surface area contributed by atoms with Gasteiger partial charge in [-0.1, -0.05) is 53.5 Å². The van der Waals surface area contributed by atoms with E-state index in [9.17, 15) is 0 Å². The summed E-state index contributed by atoms with van der Waals surface area (Å²) in [5.74, 6) is 0.723. The molecule has 3 aromatic rings. The lowest BCUT2D eigenvalue weighted by atomic mass is 10.2. The van der Waals surface area contributed by atoms with E-state index in [1.807, 2.05) is 36.4 Å². The number of nitrogens with one attached hydrogen (secondary N) is 1. The minimum absolute atomic E-state index is 0.479. The lowest BCUT2D eigenvalue weighted by Crippen LogP contribution is -2.06. The van der Waals surface area contributed by atoms with Gasteiger partial charge in [-0.05, 0) is 70.1 Å². The second kappa shape index (κ2) is 9.97. The number of ether oxygens (including phenoxy) is 1. The van der Waals surface area contributed by atoms with E-state index in [2.05, 4.69) is 57.4 Å². The van der Waals surface area contributed by atoms with Crippen LogP contribution in [0.15, 0.2) is 71.8 Å². The van der Waals surface area contributed by atoms with Gasteiger partial charge in [-0.15, -0.1) is 0 Å². The van der Waals surface area contributed by atoms with Crippen LogP contribution in [-0.2, 0) is 13.2 Å². The van der Waals surface area contributed by atoms with Gasteiger partial charge in [0, 0.05) is 19.2 Å². The lowest BCUT2D eigenvalue weighted by Gasteiger charge is -2.10. The van der Waals surface area contributed by atoms with E-state index in [0.29, 0.717) is 23.2 Å². The molecule has 0 radical (unpaired) electrons. The van der Waals surface area contributed by atoms with Crippen molar-refractivity contribution in [2.24, 2.45) is 5.10 Å². The second-order valence-corrected chi connectivity index (χ2v) is 7.87. The molecule has 0 aliphatic carbocycles. The first-order valence-corrected chi connectivity index (χ1v) is 10.1. The summed E-state index contributed by atoms with van der Waals surface area (Å²) in [5.41, 5.74) is 5.89. The Labute approximate surface area is 182 Å². The molecule has 0 saturated heterocycles. The topological polar surface area (TPSA) is 33.6 Å². The van der Waals surface area contributed by atoms with Crippen LogP contribution in [0.5, 0.6) is 5.75 Å². The standard InChI is InChI=1S/C21H17Cl2IN2O/c22-18-7-10-21(27-14-15-5-8-19(24)9-6-15)17(11-18)13-26-25-12-16-3-1-2-4-20(16)23/h1-11,13,25H,12,14H2/b26-13-. The summed E-state index contributed by atoms with van der Waals surface area (Å²) in [6, 6.07) is 21.4. The molecule has 0 spiro atoms. The maximum absolute atomic E-state index is 6.15. The molecular formula is C21H17Cl2IN2O. The fourth-order valence-electron chi connectivity index (χ4n) is 2.38. The fourth-order valence-corrected chi connectivity index (χ4v) is 3.12. The van der Waals surface area contributed by atoms with Crippen molar-refractivity contribution in [3.63, 3.8) is 0 Å². The molecule has 0 heterocycles. The average Bonchev–Trinajstić information content (AvgIpc) is 2.67. The molecule has 3 nitrogen and oxygen atoms in total. The number of halogens is 3. The van der Waals surface area contributed by atoms with Crippen LogP contribution in [0.2, 0.25) is 10.0 Å². The Bertz CT molecular complexity index is 930. The zero-order chi connectivity index (χ0) is 19.1. The van der Waals surface area contributed by atoms with Crippen molar-refractivity contribution >= 4 is 52.0 Å². The molecule has 0 amide bonds. The number of hydrogen-bond acceptors (Lipinski definition) is 3. The van der Waals surface area contributed by atoms with Crippen LogP contribution < -0.4 is 10.2 Å². The Morgan fingerprint density at radius 1 is 1.00 bits per heavy atom. The second-order valence-electron chi connectivity index (χ2n) is 5.78. The number of nitrogens with zero attached hydrogens (tertiary/aromatic N) is 1. The van der Waals surface area contributed by atoms with Crippen molar-refractivity contribution < 1.29 is 4.74 Å². The third-order valence-corrected chi connectivity index (χ3v) is 5.12. The van der Waals surface area contributed by atoms with E-state index in [1.165, 1.54) is 3.57 Å². The Morgan fingerprint density at radius 2 is 1.78 bits per heavy atom. The van der Waals surface area contributed by atoms with Gasteiger partial charge in [0.2, 0.25) is 0 Å². The highest BCUT2D eigenvalue weighted by Gasteiger charge is 2.04. The lowest BCUT2D eigenvalue weighted by molar-refractivity contribution is 0.306. The van der Waals surface area contributed by atoms with Crippen LogP contribution in [0.1, 0.15) is 16.7 Å². The molecular weight excluding hydrogens is 494 g/mol. The number of hydrazone groups is 1. The van der Waals surface area contributed by atoms with Gasteiger partial charge in [-0.2, -0.15) is 5.10 Å². The molecule has 3 rings (SSSR count). The first kappa shape index (κ1) is 20.0. The summed E-state index contributed by atoms with van der Waals surface area (Å²) in [4.78, 5) is 0. The maximum Gasteiger partial charge on any atom is 0.128 e. The fraction of sp³-hybridized carbons (Fsp3) is 0.0952. The number of hydrogen-bond donors (Lipinski definition) is 1. The van der Waals surface area contributed by atoms with Gasteiger partial charge in [0.1, 0.15) is 12.4 Å². The smallest absolute Gasteiger partial charge is 0.128 e. The molecule has 6 heteroatoms. The van der Waals surface area contributed by atoms with Crippen LogP contribution in [0, 0.1) is 3.57 Å². The molecule has 0 aliphatic rings. The normalized spacial score (nSPS) is 10.9. The Hall–Kier alpha value is -1.76. The van der Waals surface area contributed by atoms with Crippen molar-refractivity contribution in [2.45, 2.75) is 13.2 Å². The van der Waals surface area contributed by atoms with Gasteiger partial charge in [0.15, 0.2) is 0 Å². The molecule has 0 saturated carbocycles. The third-order valence-electron chi connectivity index (χ3n) is 3.80. The quantitative estimate of drug-likeness (QED) is 0.230. The summed E-state index contributed by atoms with van der Waals surface area (Å²) >= 11 is 14.6. The van der Waals surface area contributed by atoms with Crippen LogP contribution in [-0.4, -0.2) is 6.21 Å². The number of rotatable bonds is 7. The highest BCUT2D eigenvalue weighted by Crippen LogP contribution is 2.23. The predicted molar refractivity (Wildman–Crippen MR) is 121 cm³/mol. The Kier molecular flexibility index (Phi) is 7.38. The zero-order valence-electron chi connectivity index (χ0n) is 14.3. The van der Waals surface area contributed by atoms with E-state index in [4.69, 9.17) is 27.9 Å². The molecule has 0 unspecified atom stereocenters. The van der Waals surface area contributed by atoms with Crippen LogP contribution in [0.25, 0.3) is 0 Å². The monoisotopic (exact) mass is 510 g/mol. The molecule has 0 bridgehead atoms. The van der Waals surface area contributed by atoms with Crippen molar-refractivity contribution in [3.8, 4) is 5.75 Å². The maximum atomic E-state index is 6.15. The van der Waals surface area contributed by atoms with Crippen LogP contribution >= 0.6 is 45.8 Å². The van der Waals surface area contributed by atoms with Crippen LogP contribution in [0.3, 0.4) is 0 Å². The summed E-state index contributed by atoms with van der Waals surface area (Å²) in [6.07, 6.45) is 1.70. The van der Waals surface area contributed by atoms with Gasteiger partial charge in [-0.3, -0.25) is 0 Å². The molecule has 0 aromatic heterocycles. The largest absolute Gasteiger partial charge is 0.488 e. The van der Waals surface area contributed by atoms with Gasteiger partial charge in [0.05, 0.1) is 12.8 Å². The molecule has 1 N–H and O–H groups in total. The van der Waals surface area contributed by atoms with E-state index in [0.717, 1.165) is 22.4 Å². The molecule has 27 heavy (non-hydrogen) atoms. The average molecular weight is 511 g/mol. The minimum Gasteiger partial charge on any atom is -0.488 e. The molecule has 0 aliphatic heterocycles. The van der Waals surface area contributed by atoms with Crippen molar-refractivity contribution in [3.05, 3.63) is 97.0 Å². The summed E-state index contributed by atoms with van der Waals surface area (Å²) < 4.78 is 7.15. The van der Waals surface area contributed by atoms with E-state index >= 15 is 0 Å². The number of benzene rings is 3. The summed E-state index contributed by atoms with van der Waals surface area (Å²) in [7, 11) is 0. The zero-order valence-corrected chi connectivity index (χ0v) is 18.0. The van der Waals surface area contributed by atoms with Gasteiger partial charge < -0.3 is 10.2 Å². The molecule has 138 valence electrons. The van der Waals surface area contributed by atoms with Crippen molar-refractivity contribution in [1.29, 1.82) is 0 Å². The van der Waals surface area contributed by atoms with Crippen LogP contribution in [0.4, 0.5) is 0 Å². The minimum atomic E-state index is 0.479. The highest BCUT2D eigenvalue weighted by molar-refractivity contribution is 14.1. The van der Waals surface area contributed by atoms with Gasteiger partial charge >= 0.3 is 0 Å². The van der Waals surface area contributed by atoms with E-state index in [-0.39, 0.29) is 0 Å². The molecule has 3 aromatic carbocycles. The highest BCUT2D eigenvalue weighted by atomic mass is 127. The van der Waals surface area contributed by atoms with Gasteiger partial charge in [0.25, 0.3) is 0 Å². The summed E-state index contributed by atoms with van der Waals surface area (Å²) in [6.45, 7) is 1.02. The Morgan fingerprint density at radius 3 is 2.56 bits per heavy atom. The third kappa shape index (κ3) is 6.13. The SMILES string of the molecule is Clc1ccc(OCc2ccc(I)cc2)c(/C=N\NCc2ccccc2Cl)c1.